The Morgan fingerprint density at radius 2 is 1.44 bits per heavy atom. The van der Waals surface area contributed by atoms with Crippen LogP contribution in [-0.2, 0) is 19.1 Å². The number of amides is 2. The minimum Gasteiger partial charge on any atom is -0.454 e. The van der Waals surface area contributed by atoms with Crippen molar-refractivity contribution in [3.8, 4) is 0 Å². The monoisotopic (exact) mass is 378 g/mol. The zero-order valence-electron chi connectivity index (χ0n) is 17.0. The fourth-order valence-electron chi connectivity index (χ4n) is 5.77. The van der Waals surface area contributed by atoms with Crippen LogP contribution in [-0.4, -0.2) is 36.5 Å². The molecule has 0 radical (unpaired) electrons. The largest absolute Gasteiger partial charge is 0.454 e. The minimum absolute atomic E-state index is 0.00659. The quantitative estimate of drug-likeness (QED) is 0.666. The molecule has 6 heteroatoms. The maximum absolute atomic E-state index is 13.2. The maximum atomic E-state index is 13.2. The van der Waals surface area contributed by atoms with Gasteiger partial charge in [-0.05, 0) is 76.0 Å². The van der Waals surface area contributed by atoms with E-state index in [1.807, 2.05) is 27.7 Å². The summed E-state index contributed by atoms with van der Waals surface area (Å²) in [6.45, 7) is 7.16. The van der Waals surface area contributed by atoms with Crippen molar-refractivity contribution < 1.29 is 19.1 Å². The molecule has 4 aliphatic rings. The highest BCUT2D eigenvalue weighted by Crippen LogP contribution is 2.60. The lowest BCUT2D eigenvalue weighted by atomic mass is 9.49. The Bertz CT molecular complexity index is 564. The molecule has 4 rings (SSSR count). The minimum atomic E-state index is -0.711. The SMILES string of the molecule is CC(C)NC(=O)COC(=O)[C@@H](NC(=O)C12CC3CC(CC(C3)C1)C2)C(C)C. The Kier molecular flexibility index (Phi) is 5.82. The van der Waals surface area contributed by atoms with Gasteiger partial charge in [-0.3, -0.25) is 9.59 Å². The van der Waals surface area contributed by atoms with Gasteiger partial charge in [0.25, 0.3) is 5.91 Å². The molecule has 0 aliphatic heterocycles. The lowest BCUT2D eigenvalue weighted by molar-refractivity contribution is -0.157. The van der Waals surface area contributed by atoms with E-state index in [1.165, 1.54) is 19.3 Å². The summed E-state index contributed by atoms with van der Waals surface area (Å²) in [5.74, 6) is 1.09. The molecule has 0 heterocycles. The van der Waals surface area contributed by atoms with Crippen LogP contribution in [0.3, 0.4) is 0 Å². The Balaban J connectivity index is 1.60. The molecular weight excluding hydrogens is 344 g/mol. The van der Waals surface area contributed by atoms with E-state index < -0.39 is 12.0 Å². The van der Waals surface area contributed by atoms with Crippen molar-refractivity contribution in [2.24, 2.45) is 29.1 Å². The van der Waals surface area contributed by atoms with Gasteiger partial charge >= 0.3 is 5.97 Å². The molecule has 0 aromatic heterocycles. The Morgan fingerprint density at radius 1 is 0.926 bits per heavy atom. The van der Waals surface area contributed by atoms with E-state index in [4.69, 9.17) is 4.74 Å². The highest BCUT2D eigenvalue weighted by molar-refractivity contribution is 5.89. The van der Waals surface area contributed by atoms with Crippen molar-refractivity contribution in [2.75, 3.05) is 6.61 Å². The molecule has 4 aliphatic carbocycles. The van der Waals surface area contributed by atoms with Crippen LogP contribution >= 0.6 is 0 Å². The molecule has 4 saturated carbocycles. The number of nitrogens with one attached hydrogen (secondary N) is 2. The third-order valence-electron chi connectivity index (χ3n) is 6.52. The van der Waals surface area contributed by atoms with E-state index >= 15 is 0 Å². The fourth-order valence-corrected chi connectivity index (χ4v) is 5.77. The Hall–Kier alpha value is -1.59. The summed E-state index contributed by atoms with van der Waals surface area (Å²) in [4.78, 5) is 37.4. The number of hydrogen-bond donors (Lipinski definition) is 2. The maximum Gasteiger partial charge on any atom is 0.329 e. The normalized spacial score (nSPS) is 32.4. The first-order chi connectivity index (χ1) is 12.7. The van der Waals surface area contributed by atoms with Crippen molar-refractivity contribution in [1.29, 1.82) is 0 Å². The van der Waals surface area contributed by atoms with E-state index in [1.54, 1.807) is 0 Å². The van der Waals surface area contributed by atoms with Crippen molar-refractivity contribution >= 4 is 17.8 Å². The summed E-state index contributed by atoms with van der Waals surface area (Å²) < 4.78 is 5.18. The molecule has 2 N–H and O–H groups in total. The topological polar surface area (TPSA) is 84.5 Å². The van der Waals surface area contributed by atoms with Crippen LogP contribution in [0.15, 0.2) is 0 Å². The van der Waals surface area contributed by atoms with Gasteiger partial charge < -0.3 is 15.4 Å². The number of carbonyl (C=O) groups is 3. The molecule has 0 spiro atoms. The smallest absolute Gasteiger partial charge is 0.329 e. The van der Waals surface area contributed by atoms with Crippen LogP contribution in [0.2, 0.25) is 0 Å². The zero-order chi connectivity index (χ0) is 19.8. The van der Waals surface area contributed by atoms with Gasteiger partial charge in [-0.1, -0.05) is 13.8 Å². The lowest BCUT2D eigenvalue weighted by Gasteiger charge is -2.55. The molecule has 2 amide bonds. The molecule has 0 aromatic carbocycles. The second-order valence-electron chi connectivity index (χ2n) is 9.72. The predicted molar refractivity (Wildman–Crippen MR) is 102 cm³/mol. The highest BCUT2D eigenvalue weighted by atomic mass is 16.5. The Morgan fingerprint density at radius 3 is 1.89 bits per heavy atom. The van der Waals surface area contributed by atoms with E-state index in [0.29, 0.717) is 17.8 Å². The van der Waals surface area contributed by atoms with E-state index in [-0.39, 0.29) is 35.8 Å². The molecule has 27 heavy (non-hydrogen) atoms. The summed E-state index contributed by atoms with van der Waals surface area (Å²) in [6.07, 6.45) is 6.69. The second-order valence-corrected chi connectivity index (χ2v) is 9.72. The molecule has 0 unspecified atom stereocenters. The van der Waals surface area contributed by atoms with Crippen LogP contribution < -0.4 is 10.6 Å². The van der Waals surface area contributed by atoms with Gasteiger partial charge in [0.1, 0.15) is 6.04 Å². The van der Waals surface area contributed by atoms with E-state index in [0.717, 1.165) is 19.3 Å². The summed E-state index contributed by atoms with van der Waals surface area (Å²) in [5, 5.41) is 5.69. The van der Waals surface area contributed by atoms with Crippen LogP contribution in [0.5, 0.6) is 0 Å². The second kappa shape index (κ2) is 7.80. The summed E-state index contributed by atoms with van der Waals surface area (Å²) in [7, 11) is 0. The van der Waals surface area contributed by atoms with Gasteiger partial charge in [0.05, 0.1) is 0 Å². The first-order valence-electron chi connectivity index (χ1n) is 10.5. The highest BCUT2D eigenvalue weighted by Gasteiger charge is 2.55. The molecule has 152 valence electrons. The van der Waals surface area contributed by atoms with Crippen molar-refractivity contribution in [2.45, 2.75) is 78.3 Å². The summed E-state index contributed by atoms with van der Waals surface area (Å²) in [5.41, 5.74) is -0.294. The van der Waals surface area contributed by atoms with Crippen LogP contribution in [0.1, 0.15) is 66.2 Å². The van der Waals surface area contributed by atoms with Gasteiger partial charge in [-0.25, -0.2) is 4.79 Å². The predicted octanol–water partition coefficient (Wildman–Crippen LogP) is 2.41. The standard InChI is InChI=1S/C21H34N2O4/c1-12(2)18(19(25)27-11-17(24)22-13(3)4)23-20(26)21-8-14-5-15(9-21)7-16(6-14)10-21/h12-16,18H,5-11H2,1-4H3,(H,22,24)(H,23,26)/t14?,15?,16?,18-,21?/m0/s1. The fraction of sp³-hybridized carbons (Fsp3) is 0.857. The van der Waals surface area contributed by atoms with Crippen molar-refractivity contribution in [3.05, 3.63) is 0 Å². The number of esters is 1. The summed E-state index contributed by atoms with van der Waals surface area (Å²) in [6, 6.07) is -0.717. The van der Waals surface area contributed by atoms with E-state index in [2.05, 4.69) is 10.6 Å². The van der Waals surface area contributed by atoms with Crippen LogP contribution in [0.4, 0.5) is 0 Å². The Labute approximate surface area is 162 Å². The molecule has 4 fully saturated rings. The third kappa shape index (κ3) is 4.46. The average molecular weight is 379 g/mol. The van der Waals surface area contributed by atoms with Gasteiger partial charge in [0.15, 0.2) is 6.61 Å². The number of ether oxygens (including phenoxy) is 1. The number of hydrogen-bond acceptors (Lipinski definition) is 4. The third-order valence-corrected chi connectivity index (χ3v) is 6.52. The molecular formula is C21H34N2O4. The van der Waals surface area contributed by atoms with Crippen LogP contribution in [0, 0.1) is 29.1 Å². The number of carbonyl (C=O) groups excluding carboxylic acids is 3. The van der Waals surface area contributed by atoms with Crippen molar-refractivity contribution in [1.82, 2.24) is 10.6 Å². The lowest BCUT2D eigenvalue weighted by Crippen LogP contribution is -2.57. The van der Waals surface area contributed by atoms with Crippen molar-refractivity contribution in [3.63, 3.8) is 0 Å². The first kappa shape index (κ1) is 20.2. The molecule has 1 atom stereocenters. The van der Waals surface area contributed by atoms with Crippen LogP contribution in [0.25, 0.3) is 0 Å². The van der Waals surface area contributed by atoms with Gasteiger partial charge in [0, 0.05) is 11.5 Å². The number of rotatable bonds is 7. The zero-order valence-corrected chi connectivity index (χ0v) is 17.0. The van der Waals surface area contributed by atoms with Gasteiger partial charge in [-0.15, -0.1) is 0 Å². The first-order valence-corrected chi connectivity index (χ1v) is 10.5. The average Bonchev–Trinajstić information content (AvgIpc) is 2.55. The molecule has 0 aromatic rings. The molecule has 6 nitrogen and oxygen atoms in total. The van der Waals surface area contributed by atoms with Gasteiger partial charge in [0.2, 0.25) is 5.91 Å². The summed E-state index contributed by atoms with van der Waals surface area (Å²) >= 11 is 0. The molecule has 0 saturated heterocycles. The molecule has 4 bridgehead atoms. The van der Waals surface area contributed by atoms with Gasteiger partial charge in [-0.2, -0.15) is 0 Å². The van der Waals surface area contributed by atoms with E-state index in [9.17, 15) is 14.4 Å².